The first-order chi connectivity index (χ1) is 10.6. The molecular formula is C16H20N2O3S. The molecular weight excluding hydrogens is 300 g/mol. The van der Waals surface area contributed by atoms with Crippen molar-refractivity contribution in [3.8, 4) is 5.75 Å². The van der Waals surface area contributed by atoms with E-state index >= 15 is 0 Å². The molecule has 3 fully saturated rings. The van der Waals surface area contributed by atoms with E-state index in [1.165, 1.54) is 7.11 Å². The Hall–Kier alpha value is -1.37. The topological polar surface area (TPSA) is 58.6 Å². The Morgan fingerprint density at radius 1 is 1.27 bits per heavy atom. The van der Waals surface area contributed by atoms with Crippen molar-refractivity contribution < 1.29 is 13.2 Å². The van der Waals surface area contributed by atoms with E-state index in [0.717, 1.165) is 25.1 Å². The highest BCUT2D eigenvalue weighted by atomic mass is 32.2. The van der Waals surface area contributed by atoms with E-state index in [2.05, 4.69) is 11.9 Å². The molecule has 3 heterocycles. The molecule has 0 unspecified atom stereocenters. The van der Waals surface area contributed by atoms with E-state index in [4.69, 9.17) is 4.74 Å². The Balaban J connectivity index is 1.80. The molecule has 4 atom stereocenters. The van der Waals surface area contributed by atoms with Crippen molar-refractivity contribution in [3.05, 3.63) is 36.4 Å². The first-order valence-corrected chi connectivity index (χ1v) is 9.04. The number of ether oxygens (including phenoxy) is 1. The molecule has 22 heavy (non-hydrogen) atoms. The maximum absolute atomic E-state index is 13.2. The predicted octanol–water partition coefficient (Wildman–Crippen LogP) is 1.23. The van der Waals surface area contributed by atoms with Crippen LogP contribution in [0, 0.1) is 11.8 Å². The SMILES string of the molecule is C=C1C[C@@H]2[C@@H]3CNC[C@@H]3[C@H]1N2S(=O)(=O)c1ccccc1OC. The van der Waals surface area contributed by atoms with Crippen LogP contribution in [0.3, 0.4) is 0 Å². The Kier molecular flexibility index (Phi) is 3.11. The molecule has 0 aromatic heterocycles. The summed E-state index contributed by atoms with van der Waals surface area (Å²) in [7, 11) is -2.07. The molecule has 1 aromatic rings. The van der Waals surface area contributed by atoms with Gasteiger partial charge < -0.3 is 10.1 Å². The second-order valence-electron chi connectivity index (χ2n) is 6.35. The Bertz CT molecular complexity index is 731. The third kappa shape index (κ3) is 1.74. The molecule has 3 aliphatic heterocycles. The van der Waals surface area contributed by atoms with Gasteiger partial charge in [-0.3, -0.25) is 0 Å². The van der Waals surface area contributed by atoms with Gasteiger partial charge in [-0.15, -0.1) is 0 Å². The van der Waals surface area contributed by atoms with E-state index in [1.807, 2.05) is 0 Å². The zero-order chi connectivity index (χ0) is 15.5. The fourth-order valence-corrected chi connectivity index (χ4v) is 6.53. The van der Waals surface area contributed by atoms with Gasteiger partial charge in [0.05, 0.1) is 13.2 Å². The third-order valence-electron chi connectivity index (χ3n) is 5.32. The average Bonchev–Trinajstić information content (AvgIpc) is 3.17. The van der Waals surface area contributed by atoms with Crippen molar-refractivity contribution >= 4 is 10.0 Å². The van der Waals surface area contributed by atoms with Crippen LogP contribution < -0.4 is 10.1 Å². The number of methoxy groups -OCH3 is 1. The lowest BCUT2D eigenvalue weighted by atomic mass is 9.80. The molecule has 6 heteroatoms. The Morgan fingerprint density at radius 3 is 2.77 bits per heavy atom. The van der Waals surface area contributed by atoms with Gasteiger partial charge in [0.25, 0.3) is 0 Å². The van der Waals surface area contributed by atoms with Crippen LogP contribution in [-0.4, -0.2) is 45.0 Å². The minimum absolute atomic E-state index is 0.0346. The van der Waals surface area contributed by atoms with Crippen LogP contribution in [0.25, 0.3) is 0 Å². The van der Waals surface area contributed by atoms with Crippen molar-refractivity contribution in [3.63, 3.8) is 0 Å². The monoisotopic (exact) mass is 320 g/mol. The molecule has 0 amide bonds. The lowest BCUT2D eigenvalue weighted by Gasteiger charge is -2.24. The van der Waals surface area contributed by atoms with E-state index in [0.29, 0.717) is 17.6 Å². The van der Waals surface area contributed by atoms with Crippen molar-refractivity contribution in [2.75, 3.05) is 20.2 Å². The van der Waals surface area contributed by atoms with Crippen molar-refractivity contribution in [2.24, 2.45) is 11.8 Å². The van der Waals surface area contributed by atoms with E-state index in [9.17, 15) is 8.42 Å². The maximum Gasteiger partial charge on any atom is 0.247 e. The number of sulfonamides is 1. The highest BCUT2D eigenvalue weighted by molar-refractivity contribution is 7.89. The summed E-state index contributed by atoms with van der Waals surface area (Å²) in [6.07, 6.45) is 0.780. The molecule has 0 saturated carbocycles. The predicted molar refractivity (Wildman–Crippen MR) is 83.2 cm³/mol. The van der Waals surface area contributed by atoms with Gasteiger partial charge in [-0.1, -0.05) is 24.3 Å². The zero-order valence-electron chi connectivity index (χ0n) is 12.5. The van der Waals surface area contributed by atoms with Crippen LogP contribution in [-0.2, 0) is 10.0 Å². The van der Waals surface area contributed by atoms with Crippen LogP contribution in [0.5, 0.6) is 5.75 Å². The zero-order valence-corrected chi connectivity index (χ0v) is 13.3. The van der Waals surface area contributed by atoms with E-state index in [1.54, 1.807) is 28.6 Å². The maximum atomic E-state index is 13.2. The summed E-state index contributed by atoms with van der Waals surface area (Å²) in [5, 5.41) is 3.39. The quantitative estimate of drug-likeness (QED) is 0.851. The summed E-state index contributed by atoms with van der Waals surface area (Å²) >= 11 is 0. The molecule has 0 aliphatic carbocycles. The van der Waals surface area contributed by atoms with Crippen LogP contribution in [0.15, 0.2) is 41.3 Å². The van der Waals surface area contributed by atoms with Crippen LogP contribution in [0.2, 0.25) is 0 Å². The second kappa shape index (κ2) is 4.81. The van der Waals surface area contributed by atoms with Gasteiger partial charge in [0.2, 0.25) is 10.0 Å². The van der Waals surface area contributed by atoms with Crippen LogP contribution in [0.1, 0.15) is 6.42 Å². The van der Waals surface area contributed by atoms with Gasteiger partial charge in [0, 0.05) is 12.6 Å². The lowest BCUT2D eigenvalue weighted by Crippen LogP contribution is -2.39. The fourth-order valence-electron chi connectivity index (χ4n) is 4.46. The van der Waals surface area contributed by atoms with E-state index in [-0.39, 0.29) is 17.0 Å². The largest absolute Gasteiger partial charge is 0.495 e. The van der Waals surface area contributed by atoms with E-state index < -0.39 is 10.0 Å². The summed E-state index contributed by atoms with van der Waals surface area (Å²) in [5.41, 5.74) is 1.05. The first kappa shape index (κ1) is 14.2. The molecule has 118 valence electrons. The molecule has 4 rings (SSSR count). The van der Waals surface area contributed by atoms with Gasteiger partial charge in [-0.2, -0.15) is 4.31 Å². The summed E-state index contributed by atoms with van der Waals surface area (Å²) in [6.45, 7) is 5.91. The number of fused-ring (bicyclic) bond motifs is 5. The first-order valence-electron chi connectivity index (χ1n) is 7.60. The number of rotatable bonds is 3. The summed E-state index contributed by atoms with van der Waals surface area (Å²) in [5.74, 6) is 1.17. The number of hydrogen-bond acceptors (Lipinski definition) is 4. The van der Waals surface area contributed by atoms with Crippen LogP contribution >= 0.6 is 0 Å². The lowest BCUT2D eigenvalue weighted by molar-refractivity contribution is 0.354. The summed E-state index contributed by atoms with van der Waals surface area (Å²) < 4.78 is 33.4. The normalized spacial score (nSPS) is 34.1. The number of hydrogen-bond donors (Lipinski definition) is 1. The highest BCUT2D eigenvalue weighted by Gasteiger charge is 2.60. The molecule has 3 aliphatic rings. The number of nitrogens with zero attached hydrogens (tertiary/aromatic N) is 1. The van der Waals surface area contributed by atoms with Gasteiger partial charge in [0.15, 0.2) is 0 Å². The minimum Gasteiger partial charge on any atom is -0.495 e. The third-order valence-corrected chi connectivity index (χ3v) is 7.27. The molecule has 0 radical (unpaired) electrons. The van der Waals surface area contributed by atoms with Gasteiger partial charge in [-0.05, 0) is 36.9 Å². The van der Waals surface area contributed by atoms with Gasteiger partial charge in [0.1, 0.15) is 10.6 Å². The van der Waals surface area contributed by atoms with Gasteiger partial charge in [-0.25, -0.2) is 8.42 Å². The number of benzene rings is 1. The summed E-state index contributed by atoms with van der Waals surface area (Å²) in [6, 6.07) is 6.82. The van der Waals surface area contributed by atoms with Crippen molar-refractivity contribution in [1.29, 1.82) is 0 Å². The second-order valence-corrected chi connectivity index (χ2v) is 8.16. The standard InChI is InChI=1S/C16H20N2O3S/c1-10-7-13-11-8-17-9-12(11)16(10)18(13)22(19,20)15-6-4-3-5-14(15)21-2/h3-6,11-13,16-17H,1,7-9H2,2H3/t11-,12+,13-,16+/m1/s1. The fraction of sp³-hybridized carbons (Fsp3) is 0.500. The highest BCUT2D eigenvalue weighted by Crippen LogP contribution is 2.52. The van der Waals surface area contributed by atoms with Gasteiger partial charge >= 0.3 is 0 Å². The minimum atomic E-state index is -3.57. The van der Waals surface area contributed by atoms with Crippen LogP contribution in [0.4, 0.5) is 0 Å². The van der Waals surface area contributed by atoms with Crippen molar-refractivity contribution in [1.82, 2.24) is 9.62 Å². The Morgan fingerprint density at radius 2 is 2.00 bits per heavy atom. The number of para-hydroxylation sites is 1. The van der Waals surface area contributed by atoms with Crippen molar-refractivity contribution in [2.45, 2.75) is 23.4 Å². The smallest absolute Gasteiger partial charge is 0.247 e. The molecule has 5 nitrogen and oxygen atoms in total. The molecule has 3 saturated heterocycles. The molecule has 0 spiro atoms. The number of nitrogens with one attached hydrogen (secondary N) is 1. The molecule has 2 bridgehead atoms. The molecule has 1 aromatic carbocycles. The molecule has 1 N–H and O–H groups in total. The average molecular weight is 320 g/mol. The summed E-state index contributed by atoms with van der Waals surface area (Å²) in [4.78, 5) is 0.259. The Labute approximate surface area is 131 Å².